The Morgan fingerprint density at radius 1 is 1.06 bits per heavy atom. The highest BCUT2D eigenvalue weighted by Gasteiger charge is 2.20. The van der Waals surface area contributed by atoms with Crippen LogP contribution in [-0.4, -0.2) is 0 Å². The third-order valence-corrected chi connectivity index (χ3v) is 4.41. The van der Waals surface area contributed by atoms with Gasteiger partial charge in [0.1, 0.15) is 11.6 Å². The molecule has 2 aromatic rings. The van der Waals surface area contributed by atoms with Gasteiger partial charge in [0.25, 0.3) is 0 Å². The standard InChI is InChI=1S/C13H10Cl2F2S/c1-6-3-8(7(2)18-6)13(15)9-4-12(17)10(14)5-11(9)16/h3-5,13H,1-2H3. The second kappa shape index (κ2) is 5.16. The molecule has 0 aliphatic carbocycles. The summed E-state index contributed by atoms with van der Waals surface area (Å²) in [4.78, 5) is 2.09. The molecule has 1 atom stereocenters. The lowest BCUT2D eigenvalue weighted by molar-refractivity contribution is 0.587. The van der Waals surface area contributed by atoms with E-state index in [1.165, 1.54) is 0 Å². The molecular weight excluding hydrogens is 297 g/mol. The molecular formula is C13H10Cl2F2S. The Balaban J connectivity index is 2.49. The van der Waals surface area contributed by atoms with Crippen molar-refractivity contribution in [3.05, 3.63) is 55.7 Å². The molecule has 0 bridgehead atoms. The van der Waals surface area contributed by atoms with Crippen LogP contribution in [0.5, 0.6) is 0 Å². The Morgan fingerprint density at radius 2 is 1.72 bits per heavy atom. The van der Waals surface area contributed by atoms with Gasteiger partial charge in [0.2, 0.25) is 0 Å². The fraction of sp³-hybridized carbons (Fsp3) is 0.231. The molecule has 2 rings (SSSR count). The highest BCUT2D eigenvalue weighted by Crippen LogP contribution is 2.37. The van der Waals surface area contributed by atoms with Crippen LogP contribution in [0.15, 0.2) is 18.2 Å². The van der Waals surface area contributed by atoms with Crippen molar-refractivity contribution in [1.82, 2.24) is 0 Å². The molecule has 1 heterocycles. The SMILES string of the molecule is Cc1cc(C(Cl)c2cc(F)c(Cl)cc2F)c(C)s1. The van der Waals surface area contributed by atoms with Gasteiger partial charge >= 0.3 is 0 Å². The van der Waals surface area contributed by atoms with Crippen LogP contribution in [0.25, 0.3) is 0 Å². The van der Waals surface area contributed by atoms with Crippen molar-refractivity contribution in [3.63, 3.8) is 0 Å². The summed E-state index contributed by atoms with van der Waals surface area (Å²) in [5.41, 5.74) is 0.916. The molecule has 1 aromatic heterocycles. The number of thiophene rings is 1. The number of benzene rings is 1. The second-order valence-electron chi connectivity index (χ2n) is 4.02. The van der Waals surface area contributed by atoms with Gasteiger partial charge in [-0.3, -0.25) is 0 Å². The second-order valence-corrected chi connectivity index (χ2v) is 6.32. The maximum atomic E-state index is 13.8. The van der Waals surface area contributed by atoms with E-state index < -0.39 is 17.0 Å². The summed E-state index contributed by atoms with van der Waals surface area (Å²) in [7, 11) is 0. The van der Waals surface area contributed by atoms with Gasteiger partial charge in [0.05, 0.1) is 10.4 Å². The van der Waals surface area contributed by atoms with Crippen LogP contribution in [-0.2, 0) is 0 Å². The molecule has 0 radical (unpaired) electrons. The van der Waals surface area contributed by atoms with E-state index in [1.54, 1.807) is 11.3 Å². The minimum Gasteiger partial charge on any atom is -0.207 e. The van der Waals surface area contributed by atoms with E-state index in [4.69, 9.17) is 23.2 Å². The van der Waals surface area contributed by atoms with E-state index in [9.17, 15) is 8.78 Å². The molecule has 96 valence electrons. The normalized spacial score (nSPS) is 12.8. The number of alkyl halides is 1. The van der Waals surface area contributed by atoms with Crippen molar-refractivity contribution in [2.75, 3.05) is 0 Å². The van der Waals surface area contributed by atoms with Crippen LogP contribution >= 0.6 is 34.5 Å². The van der Waals surface area contributed by atoms with Gasteiger partial charge in [-0.15, -0.1) is 22.9 Å². The average molecular weight is 307 g/mol. The van der Waals surface area contributed by atoms with Crippen LogP contribution in [0.4, 0.5) is 8.78 Å². The van der Waals surface area contributed by atoms with Crippen molar-refractivity contribution in [1.29, 1.82) is 0 Å². The first-order valence-electron chi connectivity index (χ1n) is 5.25. The summed E-state index contributed by atoms with van der Waals surface area (Å²) in [5.74, 6) is -1.26. The molecule has 0 N–H and O–H groups in total. The molecule has 0 nitrogen and oxygen atoms in total. The fourth-order valence-electron chi connectivity index (χ4n) is 1.80. The lowest BCUT2D eigenvalue weighted by Crippen LogP contribution is -1.99. The predicted octanol–water partition coefficient (Wildman–Crippen LogP) is 5.62. The zero-order chi connectivity index (χ0) is 13.4. The Hall–Kier alpha value is -0.640. The highest BCUT2D eigenvalue weighted by atomic mass is 35.5. The molecule has 1 unspecified atom stereocenters. The molecule has 0 fully saturated rings. The first-order chi connectivity index (χ1) is 8.40. The average Bonchev–Trinajstić information content (AvgIpc) is 2.62. The van der Waals surface area contributed by atoms with Crippen LogP contribution in [0.3, 0.4) is 0 Å². The van der Waals surface area contributed by atoms with Crippen molar-refractivity contribution in [2.45, 2.75) is 19.2 Å². The van der Waals surface area contributed by atoms with Crippen molar-refractivity contribution >= 4 is 34.5 Å². The third-order valence-electron chi connectivity index (χ3n) is 2.67. The van der Waals surface area contributed by atoms with E-state index in [1.807, 2.05) is 19.9 Å². The van der Waals surface area contributed by atoms with Gasteiger partial charge in [-0.1, -0.05) is 11.6 Å². The van der Waals surface area contributed by atoms with Crippen LogP contribution < -0.4 is 0 Å². The Kier molecular flexibility index (Phi) is 3.95. The maximum absolute atomic E-state index is 13.8. The monoisotopic (exact) mass is 306 g/mol. The summed E-state index contributed by atoms with van der Waals surface area (Å²) in [6.45, 7) is 3.86. The lowest BCUT2D eigenvalue weighted by Gasteiger charge is -2.11. The molecule has 1 aromatic carbocycles. The van der Waals surface area contributed by atoms with E-state index in [-0.39, 0.29) is 10.6 Å². The Morgan fingerprint density at radius 3 is 2.28 bits per heavy atom. The zero-order valence-corrected chi connectivity index (χ0v) is 12.1. The lowest BCUT2D eigenvalue weighted by atomic mass is 10.0. The zero-order valence-electron chi connectivity index (χ0n) is 9.73. The Labute approximate surface area is 118 Å². The summed E-state index contributed by atoms with van der Waals surface area (Å²) < 4.78 is 27.2. The first kappa shape index (κ1) is 13.8. The van der Waals surface area contributed by atoms with E-state index in [0.29, 0.717) is 0 Å². The van der Waals surface area contributed by atoms with E-state index in [2.05, 4.69) is 0 Å². The number of rotatable bonds is 2. The van der Waals surface area contributed by atoms with Gasteiger partial charge in [-0.25, -0.2) is 8.78 Å². The predicted molar refractivity (Wildman–Crippen MR) is 72.9 cm³/mol. The number of halogens is 4. The molecule has 0 aliphatic rings. The molecule has 0 saturated carbocycles. The molecule has 5 heteroatoms. The highest BCUT2D eigenvalue weighted by molar-refractivity contribution is 7.12. The van der Waals surface area contributed by atoms with Crippen LogP contribution in [0.1, 0.15) is 26.3 Å². The third kappa shape index (κ3) is 2.53. The minimum atomic E-state index is -0.707. The van der Waals surface area contributed by atoms with E-state index in [0.717, 1.165) is 27.5 Å². The van der Waals surface area contributed by atoms with Gasteiger partial charge in [0.15, 0.2) is 0 Å². The van der Waals surface area contributed by atoms with Gasteiger partial charge in [0, 0.05) is 15.3 Å². The van der Waals surface area contributed by atoms with Gasteiger partial charge in [-0.2, -0.15) is 0 Å². The molecule has 18 heavy (non-hydrogen) atoms. The molecule has 0 aliphatic heterocycles. The quantitative estimate of drug-likeness (QED) is 0.498. The largest absolute Gasteiger partial charge is 0.207 e. The summed E-state index contributed by atoms with van der Waals surface area (Å²) >= 11 is 13.3. The molecule has 0 spiro atoms. The van der Waals surface area contributed by atoms with Gasteiger partial charge in [-0.05, 0) is 37.6 Å². The summed E-state index contributed by atoms with van der Waals surface area (Å²) in [5, 5.41) is -0.944. The van der Waals surface area contributed by atoms with Crippen LogP contribution in [0, 0.1) is 25.5 Å². The summed E-state index contributed by atoms with van der Waals surface area (Å²) in [6.07, 6.45) is 0. The number of hydrogen-bond donors (Lipinski definition) is 0. The van der Waals surface area contributed by atoms with E-state index >= 15 is 0 Å². The molecule has 0 amide bonds. The fourth-order valence-corrected chi connectivity index (χ4v) is 3.37. The van der Waals surface area contributed by atoms with Crippen LogP contribution in [0.2, 0.25) is 5.02 Å². The Bertz CT molecular complexity index is 593. The minimum absolute atomic E-state index is 0.111. The van der Waals surface area contributed by atoms with Gasteiger partial charge < -0.3 is 0 Å². The van der Waals surface area contributed by atoms with Crippen molar-refractivity contribution in [2.24, 2.45) is 0 Å². The topological polar surface area (TPSA) is 0 Å². The smallest absolute Gasteiger partial charge is 0.142 e. The number of aryl methyl sites for hydroxylation is 2. The first-order valence-corrected chi connectivity index (χ1v) is 6.88. The number of hydrogen-bond acceptors (Lipinski definition) is 1. The maximum Gasteiger partial charge on any atom is 0.142 e. The summed E-state index contributed by atoms with van der Waals surface area (Å²) in [6, 6.07) is 3.90. The van der Waals surface area contributed by atoms with Crippen molar-refractivity contribution < 1.29 is 8.78 Å². The van der Waals surface area contributed by atoms with Crippen molar-refractivity contribution in [3.8, 4) is 0 Å². The molecule has 0 saturated heterocycles.